The number of hydrogen-bond acceptors (Lipinski definition) is 6. The van der Waals surface area contributed by atoms with Gasteiger partial charge < -0.3 is 9.64 Å². The molecule has 0 aromatic carbocycles. The van der Waals surface area contributed by atoms with Gasteiger partial charge in [-0.2, -0.15) is 0 Å². The smallest absolute Gasteiger partial charge is 0.316 e. The molecule has 0 amide bonds. The Morgan fingerprint density at radius 3 is 2.68 bits per heavy atom. The van der Waals surface area contributed by atoms with Gasteiger partial charge in [-0.15, -0.1) is 0 Å². The van der Waals surface area contributed by atoms with E-state index in [9.17, 15) is 0 Å². The Bertz CT molecular complexity index is 857. The van der Waals surface area contributed by atoms with Crippen molar-refractivity contribution in [1.82, 2.24) is 24.5 Å². The molecule has 3 aromatic rings. The van der Waals surface area contributed by atoms with Crippen molar-refractivity contribution in [2.24, 2.45) is 13.0 Å². The van der Waals surface area contributed by atoms with Crippen LogP contribution in [0, 0.1) is 5.92 Å². The molecule has 0 spiro atoms. The maximum absolute atomic E-state index is 5.72. The molecule has 0 radical (unpaired) electrons. The van der Waals surface area contributed by atoms with Crippen molar-refractivity contribution < 1.29 is 4.74 Å². The molecule has 4 rings (SSSR count). The molecule has 0 bridgehead atoms. The third kappa shape index (κ3) is 3.44. The Labute approximate surface area is 154 Å². The molecule has 0 atom stereocenters. The zero-order chi connectivity index (χ0) is 17.2. The predicted molar refractivity (Wildman–Crippen MR) is 98.7 cm³/mol. The highest BCUT2D eigenvalue weighted by atomic mass is 79.9. The molecule has 1 saturated heterocycles. The molecule has 8 heteroatoms. The Kier molecular flexibility index (Phi) is 4.52. The fraction of sp³-hybridized carbons (Fsp3) is 0.412. The number of aromatic nitrogens is 5. The second-order valence-electron chi connectivity index (χ2n) is 6.24. The number of imidazole rings is 1. The van der Waals surface area contributed by atoms with E-state index in [0.717, 1.165) is 47.5 Å². The molecule has 4 heterocycles. The van der Waals surface area contributed by atoms with Crippen LogP contribution in [0.1, 0.15) is 12.8 Å². The van der Waals surface area contributed by atoms with Crippen LogP contribution in [0.3, 0.4) is 0 Å². The predicted octanol–water partition coefficient (Wildman–Crippen LogP) is 2.82. The first-order chi connectivity index (χ1) is 12.2. The van der Waals surface area contributed by atoms with Crippen LogP contribution in [0.2, 0.25) is 0 Å². The molecular weight excluding hydrogens is 384 g/mol. The van der Waals surface area contributed by atoms with Crippen LogP contribution in [-0.4, -0.2) is 44.2 Å². The lowest BCUT2D eigenvalue weighted by Crippen LogP contribution is -2.37. The molecule has 25 heavy (non-hydrogen) atoms. The third-order valence-corrected chi connectivity index (χ3v) is 4.96. The van der Waals surface area contributed by atoms with E-state index in [2.05, 4.69) is 40.3 Å². The van der Waals surface area contributed by atoms with Crippen molar-refractivity contribution in [2.45, 2.75) is 12.8 Å². The Morgan fingerprint density at radius 2 is 1.96 bits per heavy atom. The maximum Gasteiger partial charge on any atom is 0.316 e. The summed E-state index contributed by atoms with van der Waals surface area (Å²) >= 11 is 3.32. The highest BCUT2D eigenvalue weighted by Crippen LogP contribution is 2.25. The lowest BCUT2D eigenvalue weighted by Gasteiger charge is -2.32. The van der Waals surface area contributed by atoms with Crippen molar-refractivity contribution >= 4 is 33.0 Å². The fourth-order valence-electron chi connectivity index (χ4n) is 3.16. The lowest BCUT2D eigenvalue weighted by molar-refractivity contribution is 0.208. The fourth-order valence-corrected chi connectivity index (χ4v) is 3.37. The van der Waals surface area contributed by atoms with Crippen molar-refractivity contribution in [3.8, 4) is 6.01 Å². The van der Waals surface area contributed by atoms with E-state index in [-0.39, 0.29) is 0 Å². The van der Waals surface area contributed by atoms with Crippen LogP contribution in [0.15, 0.2) is 35.2 Å². The summed E-state index contributed by atoms with van der Waals surface area (Å²) in [5.41, 5.74) is 1.87. The summed E-state index contributed by atoms with van der Waals surface area (Å²) in [5, 5.41) is 0. The SMILES string of the molecule is Cn1c(N2CCC(COc3ncc(Br)cn3)CC2)nc2cccnc21. The van der Waals surface area contributed by atoms with Crippen molar-refractivity contribution in [3.63, 3.8) is 0 Å². The van der Waals surface area contributed by atoms with Crippen LogP contribution in [0.25, 0.3) is 11.2 Å². The molecule has 0 aliphatic carbocycles. The van der Waals surface area contributed by atoms with Gasteiger partial charge in [0, 0.05) is 38.7 Å². The van der Waals surface area contributed by atoms with Crippen LogP contribution < -0.4 is 9.64 Å². The van der Waals surface area contributed by atoms with E-state index in [4.69, 9.17) is 9.72 Å². The van der Waals surface area contributed by atoms with Gasteiger partial charge in [0.15, 0.2) is 5.65 Å². The van der Waals surface area contributed by atoms with Crippen LogP contribution in [0.4, 0.5) is 5.95 Å². The number of halogens is 1. The molecule has 0 N–H and O–H groups in total. The molecule has 1 fully saturated rings. The number of piperidine rings is 1. The number of pyridine rings is 1. The van der Waals surface area contributed by atoms with Crippen molar-refractivity contribution in [1.29, 1.82) is 0 Å². The minimum Gasteiger partial charge on any atom is -0.463 e. The van der Waals surface area contributed by atoms with Gasteiger partial charge in [-0.05, 0) is 46.8 Å². The summed E-state index contributed by atoms with van der Waals surface area (Å²) in [6, 6.07) is 4.37. The highest BCUT2D eigenvalue weighted by Gasteiger charge is 2.23. The van der Waals surface area contributed by atoms with Crippen LogP contribution in [0.5, 0.6) is 6.01 Å². The summed E-state index contributed by atoms with van der Waals surface area (Å²) in [7, 11) is 2.03. The summed E-state index contributed by atoms with van der Waals surface area (Å²) < 4.78 is 8.64. The van der Waals surface area contributed by atoms with E-state index < -0.39 is 0 Å². The number of ether oxygens (including phenoxy) is 1. The van der Waals surface area contributed by atoms with E-state index in [1.54, 1.807) is 12.4 Å². The largest absolute Gasteiger partial charge is 0.463 e. The zero-order valence-electron chi connectivity index (χ0n) is 14.0. The summed E-state index contributed by atoms with van der Waals surface area (Å²) in [6.45, 7) is 2.58. The van der Waals surface area contributed by atoms with Gasteiger partial charge in [-0.25, -0.2) is 19.9 Å². The lowest BCUT2D eigenvalue weighted by atomic mass is 9.98. The zero-order valence-corrected chi connectivity index (χ0v) is 15.6. The van der Waals surface area contributed by atoms with E-state index >= 15 is 0 Å². The molecule has 130 valence electrons. The Balaban J connectivity index is 1.36. The first-order valence-electron chi connectivity index (χ1n) is 8.33. The number of hydrogen-bond donors (Lipinski definition) is 0. The van der Waals surface area contributed by atoms with Crippen molar-refractivity contribution in [2.75, 3.05) is 24.6 Å². The average Bonchev–Trinajstić information content (AvgIpc) is 2.99. The molecule has 1 aliphatic rings. The summed E-state index contributed by atoms with van der Waals surface area (Å²) in [5.74, 6) is 1.50. The van der Waals surface area contributed by atoms with E-state index in [1.165, 1.54) is 0 Å². The summed E-state index contributed by atoms with van der Waals surface area (Å²) in [4.78, 5) is 19.8. The summed E-state index contributed by atoms with van der Waals surface area (Å²) in [6.07, 6.45) is 7.33. The van der Waals surface area contributed by atoms with Gasteiger partial charge in [0.05, 0.1) is 11.1 Å². The monoisotopic (exact) mass is 402 g/mol. The standard InChI is InChI=1S/C17H19BrN6O/c1-23-15-14(3-2-6-19-15)22-17(23)24-7-4-12(5-8-24)11-25-16-20-9-13(18)10-21-16/h2-3,6,9-10,12H,4-5,7-8,11H2,1H3. The Hall–Kier alpha value is -2.22. The van der Waals surface area contributed by atoms with Gasteiger partial charge in [-0.3, -0.25) is 4.57 Å². The van der Waals surface area contributed by atoms with Gasteiger partial charge in [0.2, 0.25) is 5.95 Å². The molecule has 1 aliphatic heterocycles. The topological polar surface area (TPSA) is 69.0 Å². The first-order valence-corrected chi connectivity index (χ1v) is 9.13. The average molecular weight is 403 g/mol. The molecular formula is C17H19BrN6O. The number of rotatable bonds is 4. The first kappa shape index (κ1) is 16.3. The molecule has 0 saturated carbocycles. The van der Waals surface area contributed by atoms with E-state index in [0.29, 0.717) is 18.5 Å². The Morgan fingerprint density at radius 1 is 1.20 bits per heavy atom. The van der Waals surface area contributed by atoms with Crippen LogP contribution >= 0.6 is 15.9 Å². The van der Waals surface area contributed by atoms with Gasteiger partial charge in [0.1, 0.15) is 5.52 Å². The minimum absolute atomic E-state index is 0.437. The van der Waals surface area contributed by atoms with Gasteiger partial charge in [0.25, 0.3) is 0 Å². The second-order valence-corrected chi connectivity index (χ2v) is 7.16. The molecule has 3 aromatic heterocycles. The second kappa shape index (κ2) is 6.95. The van der Waals surface area contributed by atoms with Gasteiger partial charge >= 0.3 is 6.01 Å². The number of nitrogens with zero attached hydrogens (tertiary/aromatic N) is 6. The number of anilines is 1. The number of aryl methyl sites for hydroxylation is 1. The maximum atomic E-state index is 5.72. The molecule has 7 nitrogen and oxygen atoms in total. The van der Waals surface area contributed by atoms with Gasteiger partial charge in [-0.1, -0.05) is 0 Å². The normalized spacial score (nSPS) is 15.7. The van der Waals surface area contributed by atoms with E-state index in [1.807, 2.05) is 25.4 Å². The number of fused-ring (bicyclic) bond motifs is 1. The van der Waals surface area contributed by atoms with Crippen molar-refractivity contribution in [3.05, 3.63) is 35.2 Å². The third-order valence-electron chi connectivity index (χ3n) is 4.55. The minimum atomic E-state index is 0.437. The quantitative estimate of drug-likeness (QED) is 0.668. The molecule has 0 unspecified atom stereocenters. The highest BCUT2D eigenvalue weighted by molar-refractivity contribution is 9.10. The van der Waals surface area contributed by atoms with Crippen LogP contribution in [-0.2, 0) is 7.05 Å².